The highest BCUT2D eigenvalue weighted by atomic mass is 35.5. The first-order valence-electron chi connectivity index (χ1n) is 10.1. The summed E-state index contributed by atoms with van der Waals surface area (Å²) in [7, 11) is 0. The van der Waals surface area contributed by atoms with E-state index in [-0.39, 0.29) is 28.5 Å². The molecule has 0 bridgehead atoms. The van der Waals surface area contributed by atoms with Gasteiger partial charge in [-0.15, -0.1) is 0 Å². The smallest absolute Gasteiger partial charge is 0.246 e. The number of pyridine rings is 1. The Bertz CT molecular complexity index is 1180. The van der Waals surface area contributed by atoms with E-state index in [4.69, 9.17) is 21.1 Å². The maximum atomic E-state index is 14.8. The van der Waals surface area contributed by atoms with Crippen molar-refractivity contribution in [3.63, 3.8) is 0 Å². The van der Waals surface area contributed by atoms with Crippen molar-refractivity contribution in [3.8, 4) is 11.6 Å². The summed E-state index contributed by atoms with van der Waals surface area (Å²) in [4.78, 5) is 26.4. The number of likely N-dealkylation sites (tertiary alicyclic amines) is 1. The number of rotatable bonds is 7. The third kappa shape index (κ3) is 4.43. The number of carbonyl (C=O) groups is 1. The zero-order valence-corrected chi connectivity index (χ0v) is 18.1. The van der Waals surface area contributed by atoms with Crippen molar-refractivity contribution in [2.45, 2.75) is 19.4 Å². The van der Waals surface area contributed by atoms with Crippen molar-refractivity contribution in [2.24, 2.45) is 0 Å². The van der Waals surface area contributed by atoms with E-state index in [1.807, 2.05) is 0 Å². The topological polar surface area (TPSA) is 89.5 Å². The number of nitrogens with zero attached hydrogens (tertiary/aromatic N) is 4. The number of hydrogen-bond donors (Lipinski definition) is 1. The first-order valence-corrected chi connectivity index (χ1v) is 10.5. The van der Waals surface area contributed by atoms with Crippen LogP contribution in [0.3, 0.4) is 0 Å². The molecular formula is C22H21ClFN5O3. The van der Waals surface area contributed by atoms with E-state index in [9.17, 15) is 9.18 Å². The molecule has 1 aliphatic heterocycles. The number of benzene rings is 1. The van der Waals surface area contributed by atoms with Gasteiger partial charge in [0.1, 0.15) is 28.7 Å². The molecular weight excluding hydrogens is 437 g/mol. The highest BCUT2D eigenvalue weighted by Crippen LogP contribution is 2.34. The van der Waals surface area contributed by atoms with Crippen LogP contribution < -0.4 is 14.8 Å². The minimum absolute atomic E-state index is 0.118. The number of halogens is 2. The van der Waals surface area contributed by atoms with Gasteiger partial charge in [-0.1, -0.05) is 18.2 Å². The van der Waals surface area contributed by atoms with Crippen LogP contribution in [0.1, 0.15) is 13.3 Å². The molecule has 10 heteroatoms. The van der Waals surface area contributed by atoms with Gasteiger partial charge >= 0.3 is 0 Å². The fourth-order valence-corrected chi connectivity index (χ4v) is 3.65. The number of aromatic nitrogens is 3. The van der Waals surface area contributed by atoms with Gasteiger partial charge in [0.2, 0.25) is 11.8 Å². The molecule has 0 unspecified atom stereocenters. The lowest BCUT2D eigenvalue weighted by atomic mass is 10.2. The lowest BCUT2D eigenvalue weighted by molar-refractivity contribution is -0.125. The minimum Gasteiger partial charge on any atom is -0.492 e. The lowest BCUT2D eigenvalue weighted by Gasteiger charge is -2.16. The molecule has 166 valence electrons. The third-order valence-electron chi connectivity index (χ3n) is 4.97. The molecule has 1 amide bonds. The second-order valence-corrected chi connectivity index (χ2v) is 7.43. The van der Waals surface area contributed by atoms with Crippen LogP contribution in [0.5, 0.6) is 11.6 Å². The standard InChI is InChI=1S/C22H21ClFN5O3/c1-3-18(30)29-10-9-13(11-29)32-17-8-6-15-21(28-17)22(26-12-25-15)27-14-5-7-16(31-4-2)19(23)20(14)24/h3,5-8,12-13H,1,4,9-11H2,2H3,(H,25,26,27)/t13-/m0/s1. The molecule has 1 fully saturated rings. The normalized spacial score (nSPS) is 15.6. The fourth-order valence-electron chi connectivity index (χ4n) is 3.43. The molecule has 2 aromatic heterocycles. The molecule has 0 aliphatic carbocycles. The molecule has 1 aliphatic rings. The number of nitrogens with one attached hydrogen (secondary N) is 1. The Balaban J connectivity index is 1.58. The SMILES string of the molecule is C=CC(=O)N1CC[C@H](Oc2ccc3ncnc(Nc4ccc(OCC)c(Cl)c4F)c3n2)C1. The molecule has 1 atom stereocenters. The summed E-state index contributed by atoms with van der Waals surface area (Å²) in [6.07, 6.45) is 3.15. The van der Waals surface area contributed by atoms with E-state index in [0.717, 1.165) is 0 Å². The van der Waals surface area contributed by atoms with Gasteiger partial charge in [0.25, 0.3) is 0 Å². The van der Waals surface area contributed by atoms with Crippen molar-refractivity contribution >= 4 is 40.0 Å². The summed E-state index contributed by atoms with van der Waals surface area (Å²) in [5.74, 6) is 0.139. The van der Waals surface area contributed by atoms with Crippen molar-refractivity contribution in [1.82, 2.24) is 19.9 Å². The van der Waals surface area contributed by atoms with Crippen molar-refractivity contribution in [2.75, 3.05) is 25.0 Å². The average molecular weight is 458 g/mol. The first kappa shape index (κ1) is 21.8. The second kappa shape index (κ2) is 9.35. The Morgan fingerprint density at radius 3 is 3.00 bits per heavy atom. The molecule has 0 spiro atoms. The summed E-state index contributed by atoms with van der Waals surface area (Å²) in [6.45, 7) is 6.72. The van der Waals surface area contributed by atoms with Gasteiger partial charge in [-0.05, 0) is 31.2 Å². The minimum atomic E-state index is -0.658. The first-order chi connectivity index (χ1) is 15.5. The Hall–Kier alpha value is -3.46. The molecule has 1 saturated heterocycles. The van der Waals surface area contributed by atoms with Crippen molar-refractivity contribution < 1.29 is 18.7 Å². The Kier molecular flexibility index (Phi) is 6.36. The largest absolute Gasteiger partial charge is 0.492 e. The van der Waals surface area contributed by atoms with Crippen LogP contribution in [0, 0.1) is 5.82 Å². The number of amides is 1. The molecule has 3 aromatic rings. The Morgan fingerprint density at radius 1 is 1.38 bits per heavy atom. The number of ether oxygens (including phenoxy) is 2. The molecule has 1 aromatic carbocycles. The predicted molar refractivity (Wildman–Crippen MR) is 119 cm³/mol. The molecule has 0 radical (unpaired) electrons. The Morgan fingerprint density at radius 2 is 2.22 bits per heavy atom. The van der Waals surface area contributed by atoms with E-state index >= 15 is 0 Å². The van der Waals surface area contributed by atoms with Crippen LogP contribution in [0.2, 0.25) is 5.02 Å². The van der Waals surface area contributed by atoms with Gasteiger partial charge in [-0.3, -0.25) is 4.79 Å². The zero-order chi connectivity index (χ0) is 22.7. The van der Waals surface area contributed by atoms with Gasteiger partial charge in [0, 0.05) is 19.0 Å². The van der Waals surface area contributed by atoms with Gasteiger partial charge < -0.3 is 19.7 Å². The van der Waals surface area contributed by atoms with E-state index in [0.29, 0.717) is 48.8 Å². The van der Waals surface area contributed by atoms with Crippen LogP contribution in [0.4, 0.5) is 15.9 Å². The van der Waals surface area contributed by atoms with Crippen LogP contribution in [-0.4, -0.2) is 51.6 Å². The molecule has 1 N–H and O–H groups in total. The molecule has 0 saturated carbocycles. The number of anilines is 2. The number of hydrogen-bond acceptors (Lipinski definition) is 7. The number of fused-ring (bicyclic) bond motifs is 1. The highest BCUT2D eigenvalue weighted by Gasteiger charge is 2.26. The summed E-state index contributed by atoms with van der Waals surface area (Å²) in [5, 5.41) is 2.81. The molecule has 4 rings (SSSR count). The van der Waals surface area contributed by atoms with E-state index in [2.05, 4.69) is 26.8 Å². The van der Waals surface area contributed by atoms with Crippen LogP contribution in [-0.2, 0) is 4.79 Å². The van der Waals surface area contributed by atoms with Crippen molar-refractivity contribution in [3.05, 3.63) is 54.1 Å². The Labute approximate surface area is 189 Å². The molecule has 32 heavy (non-hydrogen) atoms. The van der Waals surface area contributed by atoms with Crippen LogP contribution in [0.15, 0.2) is 43.2 Å². The predicted octanol–water partition coefficient (Wildman–Crippen LogP) is 4.13. The summed E-state index contributed by atoms with van der Waals surface area (Å²) >= 11 is 6.08. The average Bonchev–Trinajstić information content (AvgIpc) is 3.27. The van der Waals surface area contributed by atoms with Crippen LogP contribution >= 0.6 is 11.6 Å². The summed E-state index contributed by atoms with van der Waals surface area (Å²) < 4.78 is 26.0. The highest BCUT2D eigenvalue weighted by molar-refractivity contribution is 6.32. The van der Waals surface area contributed by atoms with E-state index < -0.39 is 5.82 Å². The van der Waals surface area contributed by atoms with Gasteiger partial charge in [0.05, 0.1) is 24.4 Å². The summed E-state index contributed by atoms with van der Waals surface area (Å²) in [5.41, 5.74) is 1.09. The maximum absolute atomic E-state index is 14.8. The van der Waals surface area contributed by atoms with Crippen molar-refractivity contribution in [1.29, 1.82) is 0 Å². The zero-order valence-electron chi connectivity index (χ0n) is 17.3. The lowest BCUT2D eigenvalue weighted by Crippen LogP contribution is -2.29. The fraction of sp³-hybridized carbons (Fsp3) is 0.273. The molecule has 8 nitrogen and oxygen atoms in total. The third-order valence-corrected chi connectivity index (χ3v) is 5.33. The van der Waals surface area contributed by atoms with E-state index in [1.165, 1.54) is 18.5 Å². The monoisotopic (exact) mass is 457 g/mol. The molecule has 3 heterocycles. The number of carbonyl (C=O) groups excluding carboxylic acids is 1. The quantitative estimate of drug-likeness (QED) is 0.533. The van der Waals surface area contributed by atoms with E-state index in [1.54, 1.807) is 30.0 Å². The maximum Gasteiger partial charge on any atom is 0.246 e. The van der Waals surface area contributed by atoms with Crippen LogP contribution in [0.25, 0.3) is 11.0 Å². The second-order valence-electron chi connectivity index (χ2n) is 7.05. The van der Waals surface area contributed by atoms with Gasteiger partial charge in [-0.2, -0.15) is 0 Å². The van der Waals surface area contributed by atoms with Gasteiger partial charge in [0.15, 0.2) is 11.6 Å². The summed E-state index contributed by atoms with van der Waals surface area (Å²) in [6, 6.07) is 6.54. The van der Waals surface area contributed by atoms with Gasteiger partial charge in [-0.25, -0.2) is 19.3 Å².